The van der Waals surface area contributed by atoms with Crippen molar-refractivity contribution in [3.8, 4) is 0 Å². The van der Waals surface area contributed by atoms with E-state index in [0.717, 1.165) is 32.8 Å². The topological polar surface area (TPSA) is 42.3 Å². The molecule has 5 nitrogen and oxygen atoms in total. The van der Waals surface area contributed by atoms with Crippen LogP contribution in [0.1, 0.15) is 26.3 Å². The number of morpholine rings is 1. The van der Waals surface area contributed by atoms with E-state index in [1.165, 1.54) is 5.56 Å². The molecule has 0 atom stereocenters. The first-order valence-corrected chi connectivity index (χ1v) is 6.16. The molecule has 1 aliphatic heterocycles. The highest BCUT2D eigenvalue weighted by Gasteiger charge is 2.14. The molecule has 0 spiro atoms. The van der Waals surface area contributed by atoms with Gasteiger partial charge in [-0.1, -0.05) is 0 Å². The van der Waals surface area contributed by atoms with E-state index in [9.17, 15) is 0 Å². The third-order valence-electron chi connectivity index (χ3n) is 2.84. The quantitative estimate of drug-likeness (QED) is 0.852. The maximum Gasteiger partial charge on any atom is 0.0608 e. The summed E-state index contributed by atoms with van der Waals surface area (Å²) in [7, 11) is 0. The summed E-state index contributed by atoms with van der Waals surface area (Å²) in [6.07, 6.45) is 4.03. The number of hydrazine groups is 1. The maximum absolute atomic E-state index is 5.30. The van der Waals surface area contributed by atoms with Crippen LogP contribution in [0.2, 0.25) is 0 Å². The van der Waals surface area contributed by atoms with E-state index >= 15 is 0 Å². The second-order valence-electron chi connectivity index (χ2n) is 5.40. The van der Waals surface area contributed by atoms with Crippen LogP contribution < -0.4 is 5.43 Å². The van der Waals surface area contributed by atoms with Crippen LogP contribution >= 0.6 is 0 Å². The largest absolute Gasteiger partial charge is 0.379 e. The molecule has 0 aromatic carbocycles. The zero-order valence-corrected chi connectivity index (χ0v) is 10.9. The van der Waals surface area contributed by atoms with Crippen molar-refractivity contribution in [3.05, 3.63) is 18.0 Å². The van der Waals surface area contributed by atoms with E-state index in [1.807, 2.05) is 10.9 Å². The average molecular weight is 238 g/mol. The Labute approximate surface area is 103 Å². The first kappa shape index (κ1) is 12.5. The molecule has 0 unspecified atom stereocenters. The van der Waals surface area contributed by atoms with E-state index in [4.69, 9.17) is 4.74 Å². The summed E-state index contributed by atoms with van der Waals surface area (Å²) in [4.78, 5) is 0. The van der Waals surface area contributed by atoms with E-state index in [-0.39, 0.29) is 5.54 Å². The van der Waals surface area contributed by atoms with Gasteiger partial charge in [0.05, 0.1) is 24.9 Å². The molecule has 1 aliphatic rings. The molecule has 5 heteroatoms. The Morgan fingerprint density at radius 3 is 2.65 bits per heavy atom. The van der Waals surface area contributed by atoms with E-state index < -0.39 is 0 Å². The molecule has 2 heterocycles. The van der Waals surface area contributed by atoms with Crippen LogP contribution in [0.15, 0.2) is 12.4 Å². The van der Waals surface area contributed by atoms with Gasteiger partial charge in [-0.05, 0) is 20.8 Å². The first-order valence-electron chi connectivity index (χ1n) is 6.16. The van der Waals surface area contributed by atoms with Crippen LogP contribution in [-0.4, -0.2) is 41.1 Å². The van der Waals surface area contributed by atoms with Crippen molar-refractivity contribution in [2.45, 2.75) is 32.9 Å². The Balaban J connectivity index is 1.84. The summed E-state index contributed by atoms with van der Waals surface area (Å²) < 4.78 is 7.31. The molecule has 0 amide bonds. The fourth-order valence-corrected chi connectivity index (χ4v) is 1.74. The van der Waals surface area contributed by atoms with Crippen molar-refractivity contribution in [2.24, 2.45) is 0 Å². The standard InChI is InChI=1S/C12H22N4O/c1-12(2,3)16-10-11(9-14-16)8-13-15-4-6-17-7-5-15/h9-10,13H,4-8H2,1-3H3. The second-order valence-corrected chi connectivity index (χ2v) is 5.40. The molecule has 0 bridgehead atoms. The van der Waals surface area contributed by atoms with Gasteiger partial charge in [-0.2, -0.15) is 5.10 Å². The highest BCUT2D eigenvalue weighted by atomic mass is 16.5. The van der Waals surface area contributed by atoms with E-state index in [1.54, 1.807) is 0 Å². The number of aromatic nitrogens is 2. The third-order valence-corrected chi connectivity index (χ3v) is 2.84. The summed E-state index contributed by atoms with van der Waals surface area (Å²) in [6.45, 7) is 10.8. The summed E-state index contributed by atoms with van der Waals surface area (Å²) in [5.41, 5.74) is 4.67. The number of ether oxygens (including phenoxy) is 1. The third kappa shape index (κ3) is 3.52. The summed E-state index contributed by atoms with van der Waals surface area (Å²) in [5.74, 6) is 0. The molecule has 2 rings (SSSR count). The first-order chi connectivity index (χ1) is 8.05. The van der Waals surface area contributed by atoms with Crippen LogP contribution in [0.3, 0.4) is 0 Å². The Hall–Kier alpha value is -0.910. The van der Waals surface area contributed by atoms with Crippen LogP contribution in [0, 0.1) is 0 Å². The highest BCUT2D eigenvalue weighted by molar-refractivity contribution is 5.04. The van der Waals surface area contributed by atoms with Crippen molar-refractivity contribution in [1.29, 1.82) is 0 Å². The molecule has 0 radical (unpaired) electrons. The Morgan fingerprint density at radius 1 is 1.35 bits per heavy atom. The molecule has 0 saturated carbocycles. The van der Waals surface area contributed by atoms with Gasteiger partial charge < -0.3 is 4.74 Å². The maximum atomic E-state index is 5.30. The SMILES string of the molecule is CC(C)(C)n1cc(CNN2CCOCC2)cn1. The van der Waals surface area contributed by atoms with Gasteiger partial charge in [0.25, 0.3) is 0 Å². The molecule has 1 fully saturated rings. The lowest BCUT2D eigenvalue weighted by atomic mass is 10.1. The number of hydrogen-bond acceptors (Lipinski definition) is 4. The van der Waals surface area contributed by atoms with Gasteiger partial charge in [0.2, 0.25) is 0 Å². The Bertz CT molecular complexity index is 350. The van der Waals surface area contributed by atoms with Crippen LogP contribution in [-0.2, 0) is 16.8 Å². The van der Waals surface area contributed by atoms with Gasteiger partial charge in [-0.15, -0.1) is 0 Å². The second kappa shape index (κ2) is 5.16. The highest BCUT2D eigenvalue weighted by Crippen LogP contribution is 2.13. The van der Waals surface area contributed by atoms with E-state index in [2.05, 4.69) is 42.5 Å². The lowest BCUT2D eigenvalue weighted by Crippen LogP contribution is -2.45. The molecule has 1 aromatic heterocycles. The van der Waals surface area contributed by atoms with Crippen molar-refractivity contribution < 1.29 is 4.74 Å². The van der Waals surface area contributed by atoms with Gasteiger partial charge in [0.1, 0.15) is 0 Å². The summed E-state index contributed by atoms with van der Waals surface area (Å²) >= 11 is 0. The van der Waals surface area contributed by atoms with Gasteiger partial charge in [-0.3, -0.25) is 10.1 Å². The number of nitrogens with zero attached hydrogens (tertiary/aromatic N) is 3. The van der Waals surface area contributed by atoms with Gasteiger partial charge in [-0.25, -0.2) is 5.01 Å². The molecular weight excluding hydrogens is 216 g/mol. The molecule has 1 saturated heterocycles. The molecule has 1 aromatic rings. The van der Waals surface area contributed by atoms with Crippen LogP contribution in [0.4, 0.5) is 0 Å². The van der Waals surface area contributed by atoms with Crippen molar-refractivity contribution in [3.63, 3.8) is 0 Å². The minimum Gasteiger partial charge on any atom is -0.379 e. The van der Waals surface area contributed by atoms with E-state index in [0.29, 0.717) is 0 Å². The Morgan fingerprint density at radius 2 is 2.06 bits per heavy atom. The van der Waals surface area contributed by atoms with Crippen LogP contribution in [0.5, 0.6) is 0 Å². The molecule has 1 N–H and O–H groups in total. The lowest BCUT2D eigenvalue weighted by Gasteiger charge is -2.27. The predicted molar refractivity (Wildman–Crippen MR) is 66.5 cm³/mol. The Kier molecular flexibility index (Phi) is 3.81. The van der Waals surface area contributed by atoms with Crippen molar-refractivity contribution >= 4 is 0 Å². The van der Waals surface area contributed by atoms with Crippen molar-refractivity contribution in [1.82, 2.24) is 20.2 Å². The zero-order valence-electron chi connectivity index (χ0n) is 10.9. The lowest BCUT2D eigenvalue weighted by molar-refractivity contribution is 0.0105. The predicted octanol–water partition coefficient (Wildman–Crippen LogP) is 0.975. The average Bonchev–Trinajstić information content (AvgIpc) is 2.76. The summed E-state index contributed by atoms with van der Waals surface area (Å²) in [5, 5.41) is 6.59. The number of rotatable bonds is 3. The fraction of sp³-hybridized carbons (Fsp3) is 0.750. The van der Waals surface area contributed by atoms with Gasteiger partial charge in [0.15, 0.2) is 0 Å². The molecule has 96 valence electrons. The smallest absolute Gasteiger partial charge is 0.0608 e. The molecule has 0 aliphatic carbocycles. The summed E-state index contributed by atoms with van der Waals surface area (Å²) in [6, 6.07) is 0. The normalized spacial score (nSPS) is 18.5. The number of hydrogen-bond donors (Lipinski definition) is 1. The van der Waals surface area contributed by atoms with Gasteiger partial charge >= 0.3 is 0 Å². The minimum atomic E-state index is 0.0528. The minimum absolute atomic E-state index is 0.0528. The zero-order chi connectivity index (χ0) is 12.3. The molecular formula is C12H22N4O. The van der Waals surface area contributed by atoms with Gasteiger partial charge in [0, 0.05) is 31.4 Å². The molecule has 17 heavy (non-hydrogen) atoms. The van der Waals surface area contributed by atoms with Crippen molar-refractivity contribution in [2.75, 3.05) is 26.3 Å². The monoisotopic (exact) mass is 238 g/mol. The van der Waals surface area contributed by atoms with Crippen LogP contribution in [0.25, 0.3) is 0 Å². The number of nitrogens with one attached hydrogen (secondary N) is 1. The fourth-order valence-electron chi connectivity index (χ4n) is 1.74.